The summed E-state index contributed by atoms with van der Waals surface area (Å²) in [4.78, 5) is -8.72. The van der Waals surface area contributed by atoms with E-state index in [1.807, 2.05) is 0 Å². The van der Waals surface area contributed by atoms with Crippen LogP contribution in [0.3, 0.4) is 0 Å². The van der Waals surface area contributed by atoms with Crippen LogP contribution in [0.1, 0.15) is 0 Å². The first-order chi connectivity index (χ1) is 13.9. The summed E-state index contributed by atoms with van der Waals surface area (Å²) >= 11 is 0. The highest BCUT2D eigenvalue weighted by Crippen LogP contribution is 2.41. The third-order valence-corrected chi connectivity index (χ3v) is 10.7. The second-order valence-electron chi connectivity index (χ2n) is 4.96. The first kappa shape index (κ1) is 27.8. The summed E-state index contributed by atoms with van der Waals surface area (Å²) in [5.74, 6) is 0. The average Bonchev–Trinajstić information content (AvgIpc) is 2.71. The molecule has 0 bridgehead atoms. The molecule has 0 radical (unpaired) electrons. The van der Waals surface area contributed by atoms with E-state index in [1.165, 1.54) is 0 Å². The van der Waals surface area contributed by atoms with E-state index in [1.54, 1.807) is 0 Å². The minimum absolute atomic E-state index is 0.00412. The Morgan fingerprint density at radius 2 is 0.645 bits per heavy atom. The smallest absolute Gasteiger partial charge is 0.270 e. The molecule has 0 unspecified atom stereocenters. The first-order valence-corrected chi connectivity index (χ1v) is 14.2. The van der Waals surface area contributed by atoms with Gasteiger partial charge in [0.25, 0.3) is 50.6 Å². The maximum atomic E-state index is 12.6. The fourth-order valence-electron chi connectivity index (χ4n) is 2.08. The van der Waals surface area contributed by atoms with Crippen molar-refractivity contribution >= 4 is 50.6 Å². The highest BCUT2D eigenvalue weighted by atomic mass is 32.2. The fraction of sp³-hybridized carbons (Fsp3) is 0.455. The Balaban J connectivity index is 4.93. The SMILES string of the molecule is COS(=O)(=O)c1cc(S(=O)(=O)OC)c(S(=O)(=O)OC)c(S(=O)(=O)OC)c1S(=O)(=O)OC. The molecule has 0 spiro atoms. The van der Waals surface area contributed by atoms with Gasteiger partial charge in [0.1, 0.15) is 24.5 Å². The number of hydrogen-bond acceptors (Lipinski definition) is 15. The largest absolute Gasteiger partial charge is 0.299 e. The van der Waals surface area contributed by atoms with Crippen LogP contribution < -0.4 is 0 Å². The van der Waals surface area contributed by atoms with Crippen molar-refractivity contribution in [3.8, 4) is 0 Å². The first-order valence-electron chi connectivity index (χ1n) is 7.14. The van der Waals surface area contributed by atoms with Gasteiger partial charge in [-0.1, -0.05) is 0 Å². The predicted molar refractivity (Wildman–Crippen MR) is 97.4 cm³/mol. The van der Waals surface area contributed by atoms with E-state index in [0.29, 0.717) is 35.5 Å². The van der Waals surface area contributed by atoms with E-state index in [4.69, 9.17) is 0 Å². The zero-order valence-corrected chi connectivity index (χ0v) is 20.3. The lowest BCUT2D eigenvalue weighted by atomic mass is 10.3. The van der Waals surface area contributed by atoms with Crippen molar-refractivity contribution in [1.82, 2.24) is 0 Å². The third-order valence-electron chi connectivity index (χ3n) is 3.51. The van der Waals surface area contributed by atoms with Gasteiger partial charge in [-0.2, -0.15) is 42.1 Å². The van der Waals surface area contributed by atoms with Crippen molar-refractivity contribution in [2.24, 2.45) is 0 Å². The Morgan fingerprint density at radius 3 is 0.871 bits per heavy atom. The van der Waals surface area contributed by atoms with Crippen molar-refractivity contribution in [2.75, 3.05) is 35.5 Å². The third kappa shape index (κ3) is 5.07. The van der Waals surface area contributed by atoms with E-state index < -0.39 is 75.1 Å². The molecule has 1 rings (SSSR count). The molecule has 0 saturated carbocycles. The number of hydrogen-bond donors (Lipinski definition) is 0. The highest BCUT2D eigenvalue weighted by molar-refractivity contribution is 7.93. The van der Waals surface area contributed by atoms with Crippen LogP contribution in [-0.4, -0.2) is 77.6 Å². The predicted octanol–water partition coefficient (Wildman–Crippen LogP) is -1.64. The maximum Gasteiger partial charge on any atom is 0.299 e. The second kappa shape index (κ2) is 8.96. The van der Waals surface area contributed by atoms with E-state index in [-0.39, 0.29) is 6.07 Å². The van der Waals surface area contributed by atoms with Crippen molar-refractivity contribution in [3.05, 3.63) is 6.07 Å². The molecule has 0 amide bonds. The van der Waals surface area contributed by atoms with Crippen molar-refractivity contribution in [2.45, 2.75) is 24.5 Å². The van der Waals surface area contributed by atoms with Crippen LogP contribution in [0, 0.1) is 0 Å². The number of benzene rings is 1. The van der Waals surface area contributed by atoms with Gasteiger partial charge in [-0.25, -0.2) is 0 Å². The maximum absolute atomic E-state index is 12.6. The monoisotopic (exact) mass is 548 g/mol. The van der Waals surface area contributed by atoms with E-state index in [9.17, 15) is 42.1 Å². The lowest BCUT2D eigenvalue weighted by Crippen LogP contribution is -2.24. The van der Waals surface area contributed by atoms with Crippen LogP contribution in [0.15, 0.2) is 30.5 Å². The zero-order chi connectivity index (χ0) is 24.6. The molecule has 0 aromatic heterocycles. The van der Waals surface area contributed by atoms with Crippen molar-refractivity contribution < 1.29 is 63.0 Å². The van der Waals surface area contributed by atoms with Crippen LogP contribution in [0.5, 0.6) is 0 Å². The fourth-order valence-corrected chi connectivity index (χ4v) is 8.78. The minimum Gasteiger partial charge on any atom is -0.270 e. The molecule has 0 atom stereocenters. The molecule has 0 saturated heterocycles. The number of rotatable bonds is 10. The molecule has 0 fully saturated rings. The van der Waals surface area contributed by atoms with Gasteiger partial charge in [0.2, 0.25) is 0 Å². The summed E-state index contributed by atoms with van der Waals surface area (Å²) < 4.78 is 145. The lowest BCUT2D eigenvalue weighted by Gasteiger charge is -2.19. The molecule has 0 N–H and O–H groups in total. The topological polar surface area (TPSA) is 217 Å². The summed E-state index contributed by atoms with van der Waals surface area (Å²) in [7, 11) is -24.1. The van der Waals surface area contributed by atoms with Gasteiger partial charge >= 0.3 is 0 Å². The lowest BCUT2D eigenvalue weighted by molar-refractivity contribution is 0.366. The van der Waals surface area contributed by atoms with Crippen molar-refractivity contribution in [1.29, 1.82) is 0 Å². The molecule has 180 valence electrons. The van der Waals surface area contributed by atoms with Gasteiger partial charge in [-0.3, -0.25) is 20.9 Å². The minimum atomic E-state index is -5.49. The van der Waals surface area contributed by atoms with Gasteiger partial charge in [0, 0.05) is 0 Å². The Bertz CT molecular complexity index is 1310. The molecular weight excluding hydrogens is 532 g/mol. The van der Waals surface area contributed by atoms with Gasteiger partial charge in [0.05, 0.1) is 35.5 Å². The average molecular weight is 549 g/mol. The van der Waals surface area contributed by atoms with E-state index in [0.717, 1.165) is 0 Å². The summed E-state index contributed by atoms with van der Waals surface area (Å²) in [6, 6.07) is 0.00412. The Morgan fingerprint density at radius 1 is 0.419 bits per heavy atom. The Hall–Kier alpha value is -1.23. The highest BCUT2D eigenvalue weighted by Gasteiger charge is 2.45. The standard InChI is InChI=1S/C11H16O15S5/c1-22-27(12,13)7-6-8(28(14,15)23-2)10(30(18,19)25-4)11(31(20,21)26-5)9(7)29(16,17)24-3/h6H,1-5H3. The van der Waals surface area contributed by atoms with Crippen LogP contribution in [0.25, 0.3) is 0 Å². The second-order valence-corrected chi connectivity index (χ2v) is 13.3. The quantitative estimate of drug-likeness (QED) is 0.299. The van der Waals surface area contributed by atoms with Crippen LogP contribution in [-0.2, 0) is 71.5 Å². The molecule has 0 aliphatic heterocycles. The van der Waals surface area contributed by atoms with E-state index >= 15 is 0 Å². The summed E-state index contributed by atoms with van der Waals surface area (Å²) in [6.45, 7) is 0. The van der Waals surface area contributed by atoms with Gasteiger partial charge in [0.15, 0.2) is 0 Å². The molecule has 15 nitrogen and oxygen atoms in total. The molecule has 1 aromatic rings. The normalized spacial score (nSPS) is 14.0. The molecule has 0 aliphatic rings. The molecular formula is C11H16O15S5. The Labute approximate surface area is 179 Å². The molecule has 20 heteroatoms. The summed E-state index contributed by atoms with van der Waals surface area (Å²) in [5.41, 5.74) is 0. The molecule has 1 aromatic carbocycles. The molecule has 0 aliphatic carbocycles. The van der Waals surface area contributed by atoms with E-state index in [2.05, 4.69) is 20.9 Å². The van der Waals surface area contributed by atoms with Gasteiger partial charge in [-0.05, 0) is 6.07 Å². The summed E-state index contributed by atoms with van der Waals surface area (Å²) in [6.07, 6.45) is 0. The summed E-state index contributed by atoms with van der Waals surface area (Å²) in [5, 5.41) is 0. The van der Waals surface area contributed by atoms with Crippen molar-refractivity contribution in [3.63, 3.8) is 0 Å². The zero-order valence-electron chi connectivity index (χ0n) is 16.2. The Kier molecular flexibility index (Phi) is 8.03. The van der Waals surface area contributed by atoms with Gasteiger partial charge < -0.3 is 0 Å². The molecule has 0 heterocycles. The van der Waals surface area contributed by atoms with Crippen LogP contribution in [0.2, 0.25) is 0 Å². The molecule has 31 heavy (non-hydrogen) atoms. The van der Waals surface area contributed by atoms with Crippen LogP contribution >= 0.6 is 0 Å². The van der Waals surface area contributed by atoms with Crippen LogP contribution in [0.4, 0.5) is 0 Å². The van der Waals surface area contributed by atoms with Gasteiger partial charge in [-0.15, -0.1) is 0 Å².